The van der Waals surface area contributed by atoms with Crippen molar-refractivity contribution in [2.45, 2.75) is 13.0 Å². The maximum absolute atomic E-state index is 11.8. The Morgan fingerprint density at radius 2 is 2.14 bits per heavy atom. The molecular formula is C11H14N2O. The van der Waals surface area contributed by atoms with E-state index >= 15 is 0 Å². The van der Waals surface area contributed by atoms with Crippen molar-refractivity contribution in [3.8, 4) is 0 Å². The molecule has 1 aliphatic heterocycles. The van der Waals surface area contributed by atoms with Gasteiger partial charge in [0.25, 0.3) is 0 Å². The van der Waals surface area contributed by atoms with Crippen LogP contribution in [-0.4, -0.2) is 19.5 Å². The molecule has 1 aromatic rings. The lowest BCUT2D eigenvalue weighted by Crippen LogP contribution is -2.32. The van der Waals surface area contributed by atoms with Crippen LogP contribution in [0.3, 0.4) is 0 Å². The van der Waals surface area contributed by atoms with Gasteiger partial charge in [-0.25, -0.2) is 0 Å². The first-order chi connectivity index (χ1) is 6.75. The Balaban J connectivity index is 2.42. The number of benzene rings is 1. The summed E-state index contributed by atoms with van der Waals surface area (Å²) in [5.74, 6) is 0.132. The molecule has 1 N–H and O–H groups in total. The molecule has 3 nitrogen and oxygen atoms in total. The Morgan fingerprint density at radius 3 is 2.86 bits per heavy atom. The normalized spacial score (nSPS) is 20.0. The molecule has 1 unspecified atom stereocenters. The first-order valence-electron chi connectivity index (χ1n) is 4.85. The number of likely N-dealkylation sites (N-methyl/N-ethyl adjacent to an activating group) is 2. The third-order valence-corrected chi connectivity index (χ3v) is 2.59. The van der Waals surface area contributed by atoms with Crippen LogP contribution in [0.2, 0.25) is 0 Å². The minimum absolute atomic E-state index is 0.132. The van der Waals surface area contributed by atoms with E-state index in [1.807, 2.05) is 38.2 Å². The molecule has 1 aliphatic rings. The number of carbonyl (C=O) groups excluding carboxylic acids is 1. The molecule has 0 saturated carbocycles. The van der Waals surface area contributed by atoms with Crippen LogP contribution in [-0.2, 0) is 4.79 Å². The fourth-order valence-electron chi connectivity index (χ4n) is 1.88. The van der Waals surface area contributed by atoms with Gasteiger partial charge in [0.05, 0.1) is 0 Å². The number of amides is 1. The first kappa shape index (κ1) is 9.21. The van der Waals surface area contributed by atoms with E-state index in [1.54, 1.807) is 4.90 Å². The fourth-order valence-corrected chi connectivity index (χ4v) is 1.88. The SMILES string of the molecule is CCNC1C(=O)N(C)c2ccccc21. The Bertz CT molecular complexity index is 362. The van der Waals surface area contributed by atoms with Crippen LogP contribution < -0.4 is 10.2 Å². The van der Waals surface area contributed by atoms with Crippen LogP contribution >= 0.6 is 0 Å². The third kappa shape index (κ3) is 1.21. The van der Waals surface area contributed by atoms with Crippen LogP contribution in [0.25, 0.3) is 0 Å². The van der Waals surface area contributed by atoms with E-state index in [0.717, 1.165) is 17.8 Å². The zero-order chi connectivity index (χ0) is 10.1. The molecule has 0 saturated heterocycles. The highest BCUT2D eigenvalue weighted by atomic mass is 16.2. The van der Waals surface area contributed by atoms with Crippen molar-refractivity contribution in [3.63, 3.8) is 0 Å². The van der Waals surface area contributed by atoms with Crippen molar-refractivity contribution in [2.24, 2.45) is 0 Å². The third-order valence-electron chi connectivity index (χ3n) is 2.59. The van der Waals surface area contributed by atoms with Gasteiger partial charge < -0.3 is 10.2 Å². The molecule has 14 heavy (non-hydrogen) atoms. The number of rotatable bonds is 2. The average molecular weight is 190 g/mol. The molecule has 3 heteroatoms. The molecular weight excluding hydrogens is 176 g/mol. The number of hydrogen-bond donors (Lipinski definition) is 1. The number of fused-ring (bicyclic) bond motifs is 1. The van der Waals surface area contributed by atoms with E-state index in [1.165, 1.54) is 0 Å². The van der Waals surface area contributed by atoms with Crippen LogP contribution in [0, 0.1) is 0 Å². The summed E-state index contributed by atoms with van der Waals surface area (Å²) < 4.78 is 0. The summed E-state index contributed by atoms with van der Waals surface area (Å²) in [6.45, 7) is 2.81. The number of hydrogen-bond acceptors (Lipinski definition) is 2. The second-order valence-corrected chi connectivity index (χ2v) is 3.45. The first-order valence-corrected chi connectivity index (χ1v) is 4.85. The van der Waals surface area contributed by atoms with E-state index in [4.69, 9.17) is 0 Å². The van der Waals surface area contributed by atoms with Gasteiger partial charge in [-0.2, -0.15) is 0 Å². The molecule has 0 aliphatic carbocycles. The Morgan fingerprint density at radius 1 is 1.43 bits per heavy atom. The predicted octanol–water partition coefficient (Wildman–Crippen LogP) is 1.31. The van der Waals surface area contributed by atoms with Gasteiger partial charge in [-0.1, -0.05) is 25.1 Å². The summed E-state index contributed by atoms with van der Waals surface area (Å²) in [6.07, 6.45) is 0. The van der Waals surface area contributed by atoms with Gasteiger partial charge in [0.15, 0.2) is 0 Å². The van der Waals surface area contributed by atoms with E-state index < -0.39 is 0 Å². The summed E-state index contributed by atoms with van der Waals surface area (Å²) in [4.78, 5) is 13.5. The number of anilines is 1. The van der Waals surface area contributed by atoms with Gasteiger partial charge in [0, 0.05) is 18.3 Å². The maximum Gasteiger partial charge on any atom is 0.248 e. The zero-order valence-electron chi connectivity index (χ0n) is 8.45. The standard InChI is InChI=1S/C11H14N2O/c1-3-12-10-8-6-4-5-7-9(8)13(2)11(10)14/h4-7,10,12H,3H2,1-2H3. The minimum Gasteiger partial charge on any atom is -0.313 e. The number of para-hydroxylation sites is 1. The van der Waals surface area contributed by atoms with Crippen molar-refractivity contribution in [2.75, 3.05) is 18.5 Å². The molecule has 0 bridgehead atoms. The summed E-state index contributed by atoms with van der Waals surface area (Å²) in [7, 11) is 1.82. The van der Waals surface area contributed by atoms with Crippen LogP contribution in [0.5, 0.6) is 0 Å². The summed E-state index contributed by atoms with van der Waals surface area (Å²) in [5, 5.41) is 3.19. The Hall–Kier alpha value is -1.35. The number of nitrogens with one attached hydrogen (secondary N) is 1. The van der Waals surface area contributed by atoms with E-state index in [-0.39, 0.29) is 11.9 Å². The van der Waals surface area contributed by atoms with E-state index in [2.05, 4.69) is 5.32 Å². The molecule has 0 fully saturated rings. The highest BCUT2D eigenvalue weighted by Crippen LogP contribution is 2.33. The van der Waals surface area contributed by atoms with Crippen molar-refractivity contribution in [1.29, 1.82) is 0 Å². The van der Waals surface area contributed by atoms with E-state index in [9.17, 15) is 4.79 Å². The molecule has 1 atom stereocenters. The minimum atomic E-state index is -0.152. The Kier molecular flexibility index (Phi) is 2.25. The maximum atomic E-state index is 11.8. The predicted molar refractivity (Wildman–Crippen MR) is 56.3 cm³/mol. The van der Waals surface area contributed by atoms with E-state index in [0.29, 0.717) is 0 Å². The second-order valence-electron chi connectivity index (χ2n) is 3.45. The van der Waals surface area contributed by atoms with Gasteiger partial charge in [-0.3, -0.25) is 4.79 Å². The quantitative estimate of drug-likeness (QED) is 0.762. The summed E-state index contributed by atoms with van der Waals surface area (Å²) in [5.41, 5.74) is 2.10. The van der Waals surface area contributed by atoms with Gasteiger partial charge >= 0.3 is 0 Å². The monoisotopic (exact) mass is 190 g/mol. The lowest BCUT2D eigenvalue weighted by molar-refractivity contribution is -0.119. The number of carbonyl (C=O) groups is 1. The lowest BCUT2D eigenvalue weighted by Gasteiger charge is -2.11. The topological polar surface area (TPSA) is 32.3 Å². The molecule has 2 rings (SSSR count). The molecule has 0 radical (unpaired) electrons. The molecule has 74 valence electrons. The van der Waals surface area contributed by atoms with Crippen molar-refractivity contribution in [3.05, 3.63) is 29.8 Å². The highest BCUT2D eigenvalue weighted by Gasteiger charge is 2.33. The van der Waals surface area contributed by atoms with Crippen molar-refractivity contribution in [1.82, 2.24) is 5.32 Å². The molecule has 1 amide bonds. The summed E-state index contributed by atoms with van der Waals surface area (Å²) in [6, 6.07) is 7.75. The van der Waals surface area contributed by atoms with Gasteiger partial charge in [-0.05, 0) is 12.6 Å². The molecule has 1 heterocycles. The largest absolute Gasteiger partial charge is 0.313 e. The zero-order valence-corrected chi connectivity index (χ0v) is 8.45. The van der Waals surface area contributed by atoms with Gasteiger partial charge in [0.1, 0.15) is 6.04 Å². The van der Waals surface area contributed by atoms with Crippen molar-refractivity contribution < 1.29 is 4.79 Å². The van der Waals surface area contributed by atoms with Crippen LogP contribution in [0.15, 0.2) is 24.3 Å². The summed E-state index contributed by atoms with van der Waals surface area (Å²) >= 11 is 0. The van der Waals surface area contributed by atoms with Gasteiger partial charge in [0.2, 0.25) is 5.91 Å². The van der Waals surface area contributed by atoms with Gasteiger partial charge in [-0.15, -0.1) is 0 Å². The second kappa shape index (κ2) is 3.42. The fraction of sp³-hybridized carbons (Fsp3) is 0.364. The average Bonchev–Trinajstić information content (AvgIpc) is 2.45. The molecule has 1 aromatic carbocycles. The van der Waals surface area contributed by atoms with Crippen LogP contribution in [0.1, 0.15) is 18.5 Å². The van der Waals surface area contributed by atoms with Crippen LogP contribution in [0.4, 0.5) is 5.69 Å². The lowest BCUT2D eigenvalue weighted by atomic mass is 10.1. The highest BCUT2D eigenvalue weighted by molar-refractivity contribution is 6.04. The molecule has 0 aromatic heterocycles. The van der Waals surface area contributed by atoms with Crippen molar-refractivity contribution >= 4 is 11.6 Å². The molecule has 0 spiro atoms. The smallest absolute Gasteiger partial charge is 0.248 e. The Labute approximate surface area is 83.7 Å². The number of nitrogens with zero attached hydrogens (tertiary/aromatic N) is 1.